The van der Waals surface area contributed by atoms with Gasteiger partial charge in [-0.3, -0.25) is 9.59 Å². The molecule has 0 radical (unpaired) electrons. The SMILES string of the molecule is CCC(=O)N1CCC[C@H]1C(=O)NCc1cc(C)cc2c(C)c(CC)[nH]c12. The second-order valence-electron chi connectivity index (χ2n) is 7.25. The molecular formula is C21H29N3O2. The Bertz CT molecular complexity index is 837. The summed E-state index contributed by atoms with van der Waals surface area (Å²) in [5.74, 6) is 0.0196. The van der Waals surface area contributed by atoms with E-state index in [1.54, 1.807) is 4.90 Å². The molecule has 1 fully saturated rings. The van der Waals surface area contributed by atoms with Crippen molar-refractivity contribution in [2.45, 2.75) is 66.0 Å². The molecule has 2 heterocycles. The molecule has 1 aliphatic heterocycles. The summed E-state index contributed by atoms with van der Waals surface area (Å²) in [6, 6.07) is 4.01. The number of amides is 2. The third-order valence-electron chi connectivity index (χ3n) is 5.48. The summed E-state index contributed by atoms with van der Waals surface area (Å²) >= 11 is 0. The van der Waals surface area contributed by atoms with Crippen molar-refractivity contribution in [2.24, 2.45) is 0 Å². The molecule has 0 spiro atoms. The molecule has 0 unspecified atom stereocenters. The maximum absolute atomic E-state index is 12.7. The van der Waals surface area contributed by atoms with E-state index in [0.717, 1.165) is 30.3 Å². The number of likely N-dealkylation sites (tertiary alicyclic amines) is 1. The fraction of sp³-hybridized carbons (Fsp3) is 0.524. The summed E-state index contributed by atoms with van der Waals surface area (Å²) in [6.07, 6.45) is 3.06. The number of hydrogen-bond donors (Lipinski definition) is 2. The fourth-order valence-electron chi connectivity index (χ4n) is 4.05. The topological polar surface area (TPSA) is 65.2 Å². The Balaban J connectivity index is 1.79. The zero-order chi connectivity index (χ0) is 18.8. The van der Waals surface area contributed by atoms with Gasteiger partial charge in [-0.1, -0.05) is 25.5 Å². The molecule has 1 aliphatic rings. The van der Waals surface area contributed by atoms with Gasteiger partial charge in [0.25, 0.3) is 0 Å². The van der Waals surface area contributed by atoms with Crippen LogP contribution in [0.15, 0.2) is 12.1 Å². The van der Waals surface area contributed by atoms with E-state index in [4.69, 9.17) is 0 Å². The van der Waals surface area contributed by atoms with Gasteiger partial charge >= 0.3 is 0 Å². The van der Waals surface area contributed by atoms with Crippen molar-refractivity contribution in [3.8, 4) is 0 Å². The minimum atomic E-state index is -0.320. The number of rotatable bonds is 5. The molecular weight excluding hydrogens is 326 g/mol. The normalized spacial score (nSPS) is 17.1. The summed E-state index contributed by atoms with van der Waals surface area (Å²) in [4.78, 5) is 30.0. The van der Waals surface area contributed by atoms with Crippen LogP contribution in [0.1, 0.15) is 55.5 Å². The Morgan fingerprint density at radius 1 is 1.27 bits per heavy atom. The Kier molecular flexibility index (Phi) is 5.35. The average Bonchev–Trinajstić information content (AvgIpc) is 3.24. The van der Waals surface area contributed by atoms with Crippen LogP contribution in [0.25, 0.3) is 10.9 Å². The van der Waals surface area contributed by atoms with Crippen LogP contribution in [0.3, 0.4) is 0 Å². The van der Waals surface area contributed by atoms with Crippen molar-refractivity contribution in [1.82, 2.24) is 15.2 Å². The highest BCUT2D eigenvalue weighted by Crippen LogP contribution is 2.27. The lowest BCUT2D eigenvalue weighted by atomic mass is 10.0. The number of carbonyl (C=O) groups excluding carboxylic acids is 2. The number of H-pyrrole nitrogens is 1. The molecule has 1 aromatic heterocycles. The first-order valence-electron chi connectivity index (χ1n) is 9.64. The fourth-order valence-corrected chi connectivity index (χ4v) is 4.05. The molecule has 1 saturated heterocycles. The lowest BCUT2D eigenvalue weighted by Gasteiger charge is -2.23. The number of nitrogens with zero attached hydrogens (tertiary/aromatic N) is 1. The molecule has 0 saturated carbocycles. The lowest BCUT2D eigenvalue weighted by molar-refractivity contribution is -0.138. The Labute approximate surface area is 155 Å². The highest BCUT2D eigenvalue weighted by atomic mass is 16.2. The first kappa shape index (κ1) is 18.5. The number of carbonyl (C=O) groups is 2. The van der Waals surface area contributed by atoms with Crippen LogP contribution in [0.4, 0.5) is 0 Å². The molecule has 5 nitrogen and oxygen atoms in total. The molecule has 0 bridgehead atoms. The maximum Gasteiger partial charge on any atom is 0.243 e. The molecule has 0 aliphatic carbocycles. The number of fused-ring (bicyclic) bond motifs is 1. The van der Waals surface area contributed by atoms with Gasteiger partial charge in [0.15, 0.2) is 0 Å². The monoisotopic (exact) mass is 355 g/mol. The Hall–Kier alpha value is -2.30. The van der Waals surface area contributed by atoms with Gasteiger partial charge in [-0.05, 0) is 50.3 Å². The quantitative estimate of drug-likeness (QED) is 0.864. The molecule has 140 valence electrons. The van der Waals surface area contributed by atoms with E-state index in [1.807, 2.05) is 6.92 Å². The van der Waals surface area contributed by atoms with Crippen LogP contribution in [-0.2, 0) is 22.6 Å². The van der Waals surface area contributed by atoms with Crippen LogP contribution in [0.5, 0.6) is 0 Å². The van der Waals surface area contributed by atoms with Crippen LogP contribution in [-0.4, -0.2) is 34.3 Å². The van der Waals surface area contributed by atoms with Gasteiger partial charge in [0, 0.05) is 30.6 Å². The van der Waals surface area contributed by atoms with E-state index in [1.165, 1.54) is 22.2 Å². The smallest absolute Gasteiger partial charge is 0.243 e. The molecule has 2 N–H and O–H groups in total. The summed E-state index contributed by atoms with van der Waals surface area (Å²) in [5.41, 5.74) is 5.93. The molecule has 26 heavy (non-hydrogen) atoms. The number of hydrogen-bond acceptors (Lipinski definition) is 2. The molecule has 2 aromatic rings. The van der Waals surface area contributed by atoms with E-state index in [2.05, 4.69) is 43.2 Å². The van der Waals surface area contributed by atoms with E-state index in [-0.39, 0.29) is 17.9 Å². The predicted molar refractivity (Wildman–Crippen MR) is 104 cm³/mol. The van der Waals surface area contributed by atoms with Gasteiger partial charge in [0.2, 0.25) is 11.8 Å². The van der Waals surface area contributed by atoms with Crippen molar-refractivity contribution in [2.75, 3.05) is 6.54 Å². The maximum atomic E-state index is 12.7. The van der Waals surface area contributed by atoms with E-state index < -0.39 is 0 Å². The molecule has 3 rings (SSSR count). The van der Waals surface area contributed by atoms with Crippen molar-refractivity contribution in [3.63, 3.8) is 0 Å². The number of aromatic amines is 1. The number of benzene rings is 1. The summed E-state index contributed by atoms with van der Waals surface area (Å²) in [5, 5.41) is 4.29. The van der Waals surface area contributed by atoms with Crippen LogP contribution >= 0.6 is 0 Å². The second-order valence-corrected chi connectivity index (χ2v) is 7.25. The van der Waals surface area contributed by atoms with E-state index in [9.17, 15) is 9.59 Å². The summed E-state index contributed by atoms with van der Waals surface area (Å²) < 4.78 is 0. The largest absolute Gasteiger partial charge is 0.358 e. The van der Waals surface area contributed by atoms with Crippen molar-refractivity contribution >= 4 is 22.7 Å². The van der Waals surface area contributed by atoms with Crippen molar-refractivity contribution in [1.29, 1.82) is 0 Å². The first-order valence-corrected chi connectivity index (χ1v) is 9.64. The van der Waals surface area contributed by atoms with Crippen LogP contribution in [0.2, 0.25) is 0 Å². The zero-order valence-electron chi connectivity index (χ0n) is 16.2. The standard InChI is InChI=1S/C21H29N3O2/c1-5-17-14(4)16-11-13(3)10-15(20(16)23-17)12-22-21(26)18-8-7-9-24(18)19(25)6-2/h10-11,18,23H,5-9,12H2,1-4H3,(H,22,26)/t18-/m0/s1. The van der Waals surface area contributed by atoms with Gasteiger partial charge < -0.3 is 15.2 Å². The minimum Gasteiger partial charge on any atom is -0.358 e. The average molecular weight is 355 g/mol. The molecule has 2 amide bonds. The second kappa shape index (κ2) is 7.52. The van der Waals surface area contributed by atoms with E-state index in [0.29, 0.717) is 19.5 Å². The Morgan fingerprint density at radius 2 is 2.04 bits per heavy atom. The predicted octanol–water partition coefficient (Wildman–Crippen LogP) is 3.36. The van der Waals surface area contributed by atoms with Crippen molar-refractivity contribution in [3.05, 3.63) is 34.5 Å². The summed E-state index contributed by atoms with van der Waals surface area (Å²) in [7, 11) is 0. The minimum absolute atomic E-state index is 0.0436. The number of aryl methyl sites for hydroxylation is 3. The summed E-state index contributed by atoms with van der Waals surface area (Å²) in [6.45, 7) is 9.39. The van der Waals surface area contributed by atoms with Crippen molar-refractivity contribution < 1.29 is 9.59 Å². The van der Waals surface area contributed by atoms with Gasteiger partial charge in [-0.15, -0.1) is 0 Å². The van der Waals surface area contributed by atoms with Crippen LogP contribution in [0, 0.1) is 13.8 Å². The number of nitrogens with one attached hydrogen (secondary N) is 2. The van der Waals surface area contributed by atoms with Gasteiger partial charge in [-0.25, -0.2) is 0 Å². The molecule has 1 aromatic carbocycles. The van der Waals surface area contributed by atoms with Gasteiger partial charge in [0.05, 0.1) is 5.52 Å². The van der Waals surface area contributed by atoms with Crippen LogP contribution < -0.4 is 5.32 Å². The highest BCUT2D eigenvalue weighted by molar-refractivity contribution is 5.90. The van der Waals surface area contributed by atoms with Gasteiger partial charge in [-0.2, -0.15) is 0 Å². The Morgan fingerprint density at radius 3 is 2.73 bits per heavy atom. The van der Waals surface area contributed by atoms with E-state index >= 15 is 0 Å². The highest BCUT2D eigenvalue weighted by Gasteiger charge is 2.33. The lowest BCUT2D eigenvalue weighted by Crippen LogP contribution is -2.45. The zero-order valence-corrected chi connectivity index (χ0v) is 16.2. The van der Waals surface area contributed by atoms with Gasteiger partial charge in [0.1, 0.15) is 6.04 Å². The third kappa shape index (κ3) is 3.35. The molecule has 1 atom stereocenters. The first-order chi connectivity index (χ1) is 12.5. The molecule has 5 heteroatoms. The number of aromatic nitrogens is 1. The third-order valence-corrected chi connectivity index (χ3v) is 5.48.